The lowest BCUT2D eigenvalue weighted by Crippen LogP contribution is -2.43. The summed E-state index contributed by atoms with van der Waals surface area (Å²) >= 11 is 0. The van der Waals surface area contributed by atoms with Crippen LogP contribution in [0.5, 0.6) is 0 Å². The van der Waals surface area contributed by atoms with E-state index in [0.717, 1.165) is 0 Å². The van der Waals surface area contributed by atoms with Crippen LogP contribution in [0.2, 0.25) is 0 Å². The van der Waals surface area contributed by atoms with Crippen molar-refractivity contribution in [3.05, 3.63) is 5.82 Å². The van der Waals surface area contributed by atoms with Gasteiger partial charge in [-0.3, -0.25) is 0 Å². The molecule has 2 N–H and O–H groups in total. The molecule has 8 heteroatoms. The Balaban J connectivity index is 2.13. The second-order valence-electron chi connectivity index (χ2n) is 4.08. The Morgan fingerprint density at radius 2 is 2.33 bits per heavy atom. The maximum Gasteiger partial charge on any atom is 0.176 e. The van der Waals surface area contributed by atoms with Crippen LogP contribution in [0.1, 0.15) is 12.2 Å². The lowest BCUT2D eigenvalue weighted by Gasteiger charge is -2.19. The summed E-state index contributed by atoms with van der Waals surface area (Å²) in [6, 6.07) is 0. The number of aryl methyl sites for hydroxylation is 1. The van der Waals surface area contributed by atoms with E-state index in [1.165, 1.54) is 4.80 Å². The molecule has 84 valence electrons. The van der Waals surface area contributed by atoms with Crippen molar-refractivity contribution < 1.29 is 8.42 Å². The SMILES string of the molecule is Cn1nnc(CC2(N)CCS(=O)(=O)C2)n1. The third-order valence-corrected chi connectivity index (χ3v) is 4.32. The number of aromatic nitrogens is 4. The monoisotopic (exact) mass is 231 g/mol. The molecule has 15 heavy (non-hydrogen) atoms. The Morgan fingerprint density at radius 3 is 2.80 bits per heavy atom. The fourth-order valence-electron chi connectivity index (χ4n) is 1.79. The lowest BCUT2D eigenvalue weighted by atomic mass is 9.96. The van der Waals surface area contributed by atoms with E-state index in [1.807, 2.05) is 0 Å². The first-order chi connectivity index (χ1) is 6.89. The Hall–Kier alpha value is -1.02. The van der Waals surface area contributed by atoms with Crippen LogP contribution in [-0.4, -0.2) is 45.7 Å². The number of hydrogen-bond donors (Lipinski definition) is 1. The molecule has 2 rings (SSSR count). The van der Waals surface area contributed by atoms with Crippen LogP contribution < -0.4 is 5.73 Å². The van der Waals surface area contributed by atoms with Crippen LogP contribution in [0, 0.1) is 0 Å². The number of hydrogen-bond acceptors (Lipinski definition) is 6. The van der Waals surface area contributed by atoms with Crippen molar-refractivity contribution in [2.45, 2.75) is 18.4 Å². The zero-order valence-electron chi connectivity index (χ0n) is 8.42. The van der Waals surface area contributed by atoms with E-state index in [9.17, 15) is 8.42 Å². The quantitative estimate of drug-likeness (QED) is 0.648. The minimum Gasteiger partial charge on any atom is -0.324 e. The van der Waals surface area contributed by atoms with E-state index in [1.54, 1.807) is 7.05 Å². The number of nitrogens with two attached hydrogens (primary N) is 1. The Morgan fingerprint density at radius 1 is 1.60 bits per heavy atom. The number of sulfone groups is 1. The molecule has 0 saturated carbocycles. The van der Waals surface area contributed by atoms with Gasteiger partial charge in [0.25, 0.3) is 0 Å². The van der Waals surface area contributed by atoms with Crippen LogP contribution in [-0.2, 0) is 23.3 Å². The van der Waals surface area contributed by atoms with Crippen LogP contribution in [0.15, 0.2) is 0 Å². The molecule has 0 bridgehead atoms. The van der Waals surface area contributed by atoms with Gasteiger partial charge < -0.3 is 5.73 Å². The Kier molecular flexibility index (Phi) is 2.27. The summed E-state index contributed by atoms with van der Waals surface area (Å²) in [5.41, 5.74) is 5.26. The summed E-state index contributed by atoms with van der Waals surface area (Å²) in [4.78, 5) is 1.34. The summed E-state index contributed by atoms with van der Waals surface area (Å²) in [6.45, 7) is 0. The van der Waals surface area contributed by atoms with Crippen LogP contribution in [0.3, 0.4) is 0 Å². The van der Waals surface area contributed by atoms with Crippen molar-refractivity contribution >= 4 is 9.84 Å². The molecule has 1 aliphatic rings. The highest BCUT2D eigenvalue weighted by Gasteiger charge is 2.39. The van der Waals surface area contributed by atoms with Gasteiger partial charge in [-0.25, -0.2) is 8.42 Å². The van der Waals surface area contributed by atoms with Gasteiger partial charge in [0.1, 0.15) is 0 Å². The molecule has 1 aromatic heterocycles. The third kappa shape index (κ3) is 2.32. The maximum absolute atomic E-state index is 11.3. The highest BCUT2D eigenvalue weighted by atomic mass is 32.2. The number of nitrogens with zero attached hydrogens (tertiary/aromatic N) is 4. The fourth-order valence-corrected chi connectivity index (χ4v) is 3.77. The molecule has 7 nitrogen and oxygen atoms in total. The second-order valence-corrected chi connectivity index (χ2v) is 6.26. The molecule has 1 unspecified atom stereocenters. The highest BCUT2D eigenvalue weighted by molar-refractivity contribution is 7.91. The highest BCUT2D eigenvalue weighted by Crippen LogP contribution is 2.23. The zero-order valence-corrected chi connectivity index (χ0v) is 9.24. The largest absolute Gasteiger partial charge is 0.324 e. The second kappa shape index (κ2) is 3.24. The van der Waals surface area contributed by atoms with E-state index < -0.39 is 15.4 Å². The Labute approximate surface area is 87.6 Å². The molecule has 1 saturated heterocycles. The average Bonchev–Trinajstić information content (AvgIpc) is 2.57. The summed E-state index contributed by atoms with van der Waals surface area (Å²) in [7, 11) is -1.32. The van der Waals surface area contributed by atoms with Gasteiger partial charge in [0, 0.05) is 12.0 Å². The summed E-state index contributed by atoms with van der Waals surface area (Å²) in [5.74, 6) is 0.666. The molecular weight excluding hydrogens is 218 g/mol. The van der Waals surface area contributed by atoms with Gasteiger partial charge in [0.15, 0.2) is 15.7 Å². The van der Waals surface area contributed by atoms with Crippen molar-refractivity contribution in [1.29, 1.82) is 0 Å². The Bertz CT molecular complexity index is 467. The molecule has 2 heterocycles. The van der Waals surface area contributed by atoms with E-state index in [2.05, 4.69) is 15.4 Å². The first-order valence-electron chi connectivity index (χ1n) is 4.61. The van der Waals surface area contributed by atoms with Gasteiger partial charge >= 0.3 is 0 Å². The standard InChI is InChI=1S/C7H13N5O2S/c1-12-10-6(9-11-12)4-7(8)2-3-15(13,14)5-7/h2-5,8H2,1H3. The fraction of sp³-hybridized carbons (Fsp3) is 0.857. The lowest BCUT2D eigenvalue weighted by molar-refractivity contribution is 0.463. The van der Waals surface area contributed by atoms with Gasteiger partial charge in [0.2, 0.25) is 0 Å². The number of tetrazole rings is 1. The normalized spacial score (nSPS) is 29.5. The zero-order chi connectivity index (χ0) is 11.1. The van der Waals surface area contributed by atoms with Gasteiger partial charge in [-0.1, -0.05) is 0 Å². The van der Waals surface area contributed by atoms with Crippen molar-refractivity contribution in [2.24, 2.45) is 12.8 Å². The summed E-state index contributed by atoms with van der Waals surface area (Å²) in [5, 5.41) is 11.5. The molecule has 0 spiro atoms. The minimum absolute atomic E-state index is 0.0122. The van der Waals surface area contributed by atoms with E-state index in [4.69, 9.17) is 5.73 Å². The van der Waals surface area contributed by atoms with E-state index in [-0.39, 0.29) is 11.5 Å². The molecule has 1 aliphatic heterocycles. The van der Waals surface area contributed by atoms with Gasteiger partial charge in [-0.05, 0) is 11.6 Å². The smallest absolute Gasteiger partial charge is 0.176 e. The van der Waals surface area contributed by atoms with Crippen LogP contribution >= 0.6 is 0 Å². The molecule has 0 aromatic carbocycles. The van der Waals surface area contributed by atoms with E-state index in [0.29, 0.717) is 18.7 Å². The van der Waals surface area contributed by atoms with E-state index >= 15 is 0 Å². The molecule has 0 amide bonds. The summed E-state index contributed by atoms with van der Waals surface area (Å²) in [6.07, 6.45) is 0.827. The summed E-state index contributed by atoms with van der Waals surface area (Å²) < 4.78 is 22.6. The predicted molar refractivity (Wildman–Crippen MR) is 52.7 cm³/mol. The molecule has 1 fully saturated rings. The predicted octanol–water partition coefficient (Wildman–Crippen LogP) is -1.73. The first-order valence-corrected chi connectivity index (χ1v) is 6.43. The van der Waals surface area contributed by atoms with Crippen molar-refractivity contribution in [2.75, 3.05) is 11.5 Å². The van der Waals surface area contributed by atoms with Gasteiger partial charge in [-0.2, -0.15) is 4.80 Å². The maximum atomic E-state index is 11.3. The molecular formula is C7H13N5O2S. The third-order valence-electron chi connectivity index (χ3n) is 2.48. The van der Waals surface area contributed by atoms with Crippen molar-refractivity contribution in [3.8, 4) is 0 Å². The molecule has 0 radical (unpaired) electrons. The van der Waals surface area contributed by atoms with Crippen molar-refractivity contribution in [3.63, 3.8) is 0 Å². The molecule has 1 aromatic rings. The number of rotatable bonds is 2. The molecule has 0 aliphatic carbocycles. The molecule has 1 atom stereocenters. The van der Waals surface area contributed by atoms with Crippen molar-refractivity contribution in [1.82, 2.24) is 20.2 Å². The van der Waals surface area contributed by atoms with Gasteiger partial charge in [0.05, 0.1) is 18.6 Å². The van der Waals surface area contributed by atoms with Crippen LogP contribution in [0.25, 0.3) is 0 Å². The van der Waals surface area contributed by atoms with Crippen LogP contribution in [0.4, 0.5) is 0 Å². The topological polar surface area (TPSA) is 104 Å². The first kappa shape index (κ1) is 10.5. The van der Waals surface area contributed by atoms with Gasteiger partial charge in [-0.15, -0.1) is 10.2 Å². The average molecular weight is 231 g/mol. The minimum atomic E-state index is -2.97.